The van der Waals surface area contributed by atoms with E-state index in [1.165, 1.54) is 16.7 Å². The Morgan fingerprint density at radius 1 is 0.395 bits per heavy atom. The molecule has 0 aromatic heterocycles. The highest BCUT2D eigenvalue weighted by Gasteiger charge is 2.17. The topological polar surface area (TPSA) is 6.48 Å². The lowest BCUT2D eigenvalue weighted by atomic mass is 10.0. The third kappa shape index (κ3) is 6.32. The molecule has 0 aliphatic carbocycles. The molecular formula is C39H32Cl2N2. The highest BCUT2D eigenvalue weighted by molar-refractivity contribution is 6.31. The summed E-state index contributed by atoms with van der Waals surface area (Å²) >= 11 is 12.8. The molecule has 0 atom stereocenters. The summed E-state index contributed by atoms with van der Waals surface area (Å²) in [5, 5.41) is 1.42. The number of rotatable bonds is 7. The maximum absolute atomic E-state index is 6.43. The van der Waals surface area contributed by atoms with Gasteiger partial charge in [-0.2, -0.15) is 0 Å². The molecule has 0 spiro atoms. The van der Waals surface area contributed by atoms with E-state index in [1.807, 2.05) is 36.4 Å². The zero-order chi connectivity index (χ0) is 29.9. The van der Waals surface area contributed by atoms with Gasteiger partial charge in [0.05, 0.1) is 0 Å². The van der Waals surface area contributed by atoms with Crippen molar-refractivity contribution >= 4 is 57.3 Å². The summed E-state index contributed by atoms with van der Waals surface area (Å²) in [6, 6.07) is 48.4. The molecule has 0 fully saturated rings. The normalized spacial score (nSPS) is 10.9. The van der Waals surface area contributed by atoms with Crippen LogP contribution in [0.25, 0.3) is 11.1 Å². The van der Waals surface area contributed by atoms with Gasteiger partial charge < -0.3 is 9.80 Å². The number of nitrogens with zero attached hydrogens (tertiary/aromatic N) is 2. The monoisotopic (exact) mass is 598 g/mol. The van der Waals surface area contributed by atoms with Crippen LogP contribution < -0.4 is 9.80 Å². The lowest BCUT2D eigenvalue weighted by molar-refractivity contribution is 1.24. The van der Waals surface area contributed by atoms with Crippen molar-refractivity contribution in [2.75, 3.05) is 9.80 Å². The SMILES string of the molecule is Cc1cccc(N(c2ccc(-c3ccc(N(c4cccc(C)c4)c4cccc(Cl)c4)c(C)c3)cc2)c2cccc(Cl)c2)c1. The first-order chi connectivity index (χ1) is 20.9. The molecule has 2 nitrogen and oxygen atoms in total. The van der Waals surface area contributed by atoms with Crippen LogP contribution in [0, 0.1) is 20.8 Å². The zero-order valence-corrected chi connectivity index (χ0v) is 25.9. The van der Waals surface area contributed by atoms with Crippen molar-refractivity contribution in [1.29, 1.82) is 0 Å². The van der Waals surface area contributed by atoms with Gasteiger partial charge in [0, 0.05) is 44.2 Å². The van der Waals surface area contributed by atoms with E-state index in [9.17, 15) is 0 Å². The molecule has 212 valence electrons. The van der Waals surface area contributed by atoms with Crippen molar-refractivity contribution in [2.45, 2.75) is 20.8 Å². The summed E-state index contributed by atoms with van der Waals surface area (Å²) in [6.07, 6.45) is 0. The van der Waals surface area contributed by atoms with Gasteiger partial charge in [0.2, 0.25) is 0 Å². The maximum Gasteiger partial charge on any atom is 0.0491 e. The summed E-state index contributed by atoms with van der Waals surface area (Å²) in [7, 11) is 0. The van der Waals surface area contributed by atoms with Crippen LogP contribution in [0.2, 0.25) is 10.0 Å². The van der Waals surface area contributed by atoms with E-state index in [0.717, 1.165) is 45.3 Å². The van der Waals surface area contributed by atoms with Crippen molar-refractivity contribution in [2.24, 2.45) is 0 Å². The van der Waals surface area contributed by atoms with Crippen molar-refractivity contribution in [3.8, 4) is 11.1 Å². The first kappa shape index (κ1) is 28.6. The number of anilines is 6. The molecule has 0 radical (unpaired) electrons. The van der Waals surface area contributed by atoms with Crippen LogP contribution in [-0.2, 0) is 0 Å². The maximum atomic E-state index is 6.43. The van der Waals surface area contributed by atoms with Crippen LogP contribution in [-0.4, -0.2) is 0 Å². The van der Waals surface area contributed by atoms with Crippen LogP contribution in [0.1, 0.15) is 16.7 Å². The zero-order valence-electron chi connectivity index (χ0n) is 24.4. The summed E-state index contributed by atoms with van der Waals surface area (Å²) < 4.78 is 0. The summed E-state index contributed by atoms with van der Waals surface area (Å²) in [5.74, 6) is 0. The molecular weight excluding hydrogens is 567 g/mol. The Bertz CT molecular complexity index is 1800. The fraction of sp³-hybridized carbons (Fsp3) is 0.0769. The van der Waals surface area contributed by atoms with E-state index >= 15 is 0 Å². The smallest absolute Gasteiger partial charge is 0.0491 e. The van der Waals surface area contributed by atoms with E-state index in [4.69, 9.17) is 23.2 Å². The Kier molecular flexibility index (Phi) is 8.24. The standard InChI is InChI=1S/C39H32Cl2N2/c1-27-8-4-12-35(22-27)42(37-14-6-10-32(40)25-37)34-19-16-30(17-20-34)31-18-21-39(29(3)24-31)43(36-13-5-9-28(2)23-36)38-15-7-11-33(41)26-38/h4-26H,1-3H3. The minimum atomic E-state index is 0.708. The molecule has 0 unspecified atom stereocenters. The molecule has 0 heterocycles. The summed E-state index contributed by atoms with van der Waals surface area (Å²) in [4.78, 5) is 4.51. The predicted molar refractivity (Wildman–Crippen MR) is 185 cm³/mol. The third-order valence-corrected chi connectivity index (χ3v) is 8.02. The average Bonchev–Trinajstić information content (AvgIpc) is 2.99. The molecule has 0 aliphatic rings. The van der Waals surface area contributed by atoms with Gasteiger partial charge in [0.25, 0.3) is 0 Å². The highest BCUT2D eigenvalue weighted by Crippen LogP contribution is 2.40. The molecule has 6 aromatic carbocycles. The van der Waals surface area contributed by atoms with Gasteiger partial charge in [0.1, 0.15) is 0 Å². The quantitative estimate of drug-likeness (QED) is 0.180. The van der Waals surface area contributed by atoms with Crippen LogP contribution in [0.3, 0.4) is 0 Å². The van der Waals surface area contributed by atoms with E-state index in [0.29, 0.717) is 10.0 Å². The van der Waals surface area contributed by atoms with Crippen LogP contribution in [0.4, 0.5) is 34.1 Å². The van der Waals surface area contributed by atoms with Gasteiger partial charge in [-0.3, -0.25) is 0 Å². The summed E-state index contributed by atoms with van der Waals surface area (Å²) in [6.45, 7) is 6.39. The minimum absolute atomic E-state index is 0.708. The van der Waals surface area contributed by atoms with E-state index in [2.05, 4.69) is 134 Å². The molecule has 0 N–H and O–H groups in total. The van der Waals surface area contributed by atoms with Gasteiger partial charge in [-0.05, 0) is 134 Å². The van der Waals surface area contributed by atoms with Gasteiger partial charge in [-0.25, -0.2) is 0 Å². The molecule has 6 rings (SSSR count). The van der Waals surface area contributed by atoms with Gasteiger partial charge in [-0.15, -0.1) is 0 Å². The van der Waals surface area contributed by atoms with Gasteiger partial charge in [0.15, 0.2) is 0 Å². The fourth-order valence-electron chi connectivity index (χ4n) is 5.53. The molecule has 0 saturated carbocycles. The number of benzene rings is 6. The number of hydrogen-bond acceptors (Lipinski definition) is 2. The van der Waals surface area contributed by atoms with Gasteiger partial charge >= 0.3 is 0 Å². The Morgan fingerprint density at radius 2 is 0.860 bits per heavy atom. The first-order valence-corrected chi connectivity index (χ1v) is 15.1. The molecule has 43 heavy (non-hydrogen) atoms. The largest absolute Gasteiger partial charge is 0.310 e. The number of halogens is 2. The minimum Gasteiger partial charge on any atom is -0.310 e. The molecule has 0 bridgehead atoms. The Labute approximate surface area is 264 Å². The second-order valence-corrected chi connectivity index (χ2v) is 11.7. The van der Waals surface area contributed by atoms with Crippen LogP contribution >= 0.6 is 23.2 Å². The van der Waals surface area contributed by atoms with Crippen molar-refractivity contribution < 1.29 is 0 Å². The highest BCUT2D eigenvalue weighted by atomic mass is 35.5. The average molecular weight is 600 g/mol. The van der Waals surface area contributed by atoms with Crippen molar-refractivity contribution in [3.05, 3.63) is 166 Å². The second-order valence-electron chi connectivity index (χ2n) is 10.9. The Balaban J connectivity index is 1.37. The third-order valence-electron chi connectivity index (χ3n) is 7.55. The first-order valence-electron chi connectivity index (χ1n) is 14.3. The number of hydrogen-bond donors (Lipinski definition) is 0. The lowest BCUT2D eigenvalue weighted by Gasteiger charge is -2.28. The van der Waals surface area contributed by atoms with Crippen LogP contribution in [0.5, 0.6) is 0 Å². The molecule has 0 amide bonds. The molecule has 0 saturated heterocycles. The molecule has 0 aliphatic heterocycles. The van der Waals surface area contributed by atoms with Gasteiger partial charge in [-0.1, -0.05) is 77.8 Å². The Hall–Kier alpha value is -4.50. The van der Waals surface area contributed by atoms with E-state index < -0.39 is 0 Å². The van der Waals surface area contributed by atoms with Crippen LogP contribution in [0.15, 0.2) is 140 Å². The summed E-state index contributed by atoms with van der Waals surface area (Å²) in [5.41, 5.74) is 12.3. The Morgan fingerprint density at radius 3 is 1.37 bits per heavy atom. The number of aryl methyl sites for hydroxylation is 3. The lowest BCUT2D eigenvalue weighted by Crippen LogP contribution is -2.11. The van der Waals surface area contributed by atoms with Crippen molar-refractivity contribution in [3.63, 3.8) is 0 Å². The molecule has 6 aromatic rings. The van der Waals surface area contributed by atoms with Crippen molar-refractivity contribution in [1.82, 2.24) is 0 Å². The van der Waals surface area contributed by atoms with E-state index in [-0.39, 0.29) is 0 Å². The predicted octanol–water partition coefficient (Wildman–Crippen LogP) is 12.5. The fourth-order valence-corrected chi connectivity index (χ4v) is 5.90. The second kappa shape index (κ2) is 12.4. The van der Waals surface area contributed by atoms with E-state index in [1.54, 1.807) is 0 Å². The molecule has 4 heteroatoms.